The maximum Gasteiger partial charge on any atom is 0.325 e. The van der Waals surface area contributed by atoms with Crippen molar-refractivity contribution in [1.82, 2.24) is 4.90 Å². The van der Waals surface area contributed by atoms with E-state index in [0.717, 1.165) is 5.56 Å². The van der Waals surface area contributed by atoms with Gasteiger partial charge in [-0.15, -0.1) is 0 Å². The summed E-state index contributed by atoms with van der Waals surface area (Å²) >= 11 is 0. The molecule has 0 N–H and O–H groups in total. The van der Waals surface area contributed by atoms with E-state index in [1.807, 2.05) is 25.1 Å². The van der Waals surface area contributed by atoms with E-state index in [4.69, 9.17) is 4.74 Å². The number of esters is 1. The Bertz CT molecular complexity index is 431. The van der Waals surface area contributed by atoms with Crippen LogP contribution in [0.4, 0.5) is 0 Å². The van der Waals surface area contributed by atoms with Crippen LogP contribution in [0.15, 0.2) is 24.3 Å². The highest BCUT2D eigenvalue weighted by atomic mass is 16.5. The zero-order chi connectivity index (χ0) is 13.5. The van der Waals surface area contributed by atoms with E-state index in [1.165, 1.54) is 19.1 Å². The van der Waals surface area contributed by atoms with Crippen molar-refractivity contribution in [2.75, 3.05) is 27.3 Å². The second kappa shape index (κ2) is 6.64. The van der Waals surface area contributed by atoms with Gasteiger partial charge in [-0.3, -0.25) is 9.59 Å². The van der Waals surface area contributed by atoms with E-state index < -0.39 is 5.97 Å². The monoisotopic (exact) mass is 251 g/mol. The van der Waals surface area contributed by atoms with Gasteiger partial charge in [-0.1, -0.05) is 18.2 Å². The van der Waals surface area contributed by atoms with Gasteiger partial charge in [0.25, 0.3) is 5.91 Å². The number of benzene rings is 1. The molecule has 0 aliphatic heterocycles. The van der Waals surface area contributed by atoms with E-state index in [2.05, 4.69) is 4.74 Å². The predicted octanol–water partition coefficient (Wildman–Crippen LogP) is 1.01. The maximum absolute atomic E-state index is 11.7. The highest BCUT2D eigenvalue weighted by molar-refractivity contribution is 5.82. The van der Waals surface area contributed by atoms with Crippen LogP contribution in [0.1, 0.15) is 5.56 Å². The van der Waals surface area contributed by atoms with Crippen LogP contribution < -0.4 is 4.74 Å². The van der Waals surface area contributed by atoms with Crippen LogP contribution in [0.3, 0.4) is 0 Å². The highest BCUT2D eigenvalue weighted by Crippen LogP contribution is 2.15. The first-order valence-corrected chi connectivity index (χ1v) is 5.53. The van der Waals surface area contributed by atoms with E-state index in [0.29, 0.717) is 5.75 Å². The quantitative estimate of drug-likeness (QED) is 0.733. The number of rotatable bonds is 5. The van der Waals surface area contributed by atoms with Crippen LogP contribution in [0, 0.1) is 6.92 Å². The number of methoxy groups -OCH3 is 1. The molecular weight excluding hydrogens is 234 g/mol. The molecule has 0 atom stereocenters. The number of para-hydroxylation sites is 1. The number of aryl methyl sites for hydroxylation is 1. The second-order valence-electron chi connectivity index (χ2n) is 3.88. The Hall–Kier alpha value is -2.04. The lowest BCUT2D eigenvalue weighted by atomic mass is 10.2. The molecule has 18 heavy (non-hydrogen) atoms. The van der Waals surface area contributed by atoms with Gasteiger partial charge in [0.1, 0.15) is 12.3 Å². The molecule has 98 valence electrons. The average molecular weight is 251 g/mol. The van der Waals surface area contributed by atoms with Crippen LogP contribution in [-0.4, -0.2) is 44.1 Å². The molecule has 5 nitrogen and oxygen atoms in total. The van der Waals surface area contributed by atoms with Crippen molar-refractivity contribution in [3.63, 3.8) is 0 Å². The minimum Gasteiger partial charge on any atom is -0.484 e. The Morgan fingerprint density at radius 3 is 2.56 bits per heavy atom. The van der Waals surface area contributed by atoms with Gasteiger partial charge in [0.15, 0.2) is 6.61 Å². The van der Waals surface area contributed by atoms with Gasteiger partial charge in [0.2, 0.25) is 0 Å². The molecular formula is C13H17NO4. The van der Waals surface area contributed by atoms with Crippen LogP contribution >= 0.6 is 0 Å². The van der Waals surface area contributed by atoms with Crippen molar-refractivity contribution in [3.05, 3.63) is 29.8 Å². The molecule has 1 rings (SSSR count). The molecule has 0 spiro atoms. The Balaban J connectivity index is 2.46. The number of hydrogen-bond acceptors (Lipinski definition) is 4. The summed E-state index contributed by atoms with van der Waals surface area (Å²) in [7, 11) is 2.81. The van der Waals surface area contributed by atoms with Crippen LogP contribution in [0.25, 0.3) is 0 Å². The summed E-state index contributed by atoms with van der Waals surface area (Å²) in [5.41, 5.74) is 0.959. The van der Waals surface area contributed by atoms with Crippen molar-refractivity contribution in [2.45, 2.75) is 6.92 Å². The summed E-state index contributed by atoms with van der Waals surface area (Å²) in [5, 5.41) is 0. The van der Waals surface area contributed by atoms with Gasteiger partial charge >= 0.3 is 5.97 Å². The smallest absolute Gasteiger partial charge is 0.325 e. The lowest BCUT2D eigenvalue weighted by Gasteiger charge is -2.16. The Morgan fingerprint density at radius 2 is 1.94 bits per heavy atom. The first kappa shape index (κ1) is 14.0. The summed E-state index contributed by atoms with van der Waals surface area (Å²) in [6.45, 7) is 1.72. The molecule has 1 amide bonds. The van der Waals surface area contributed by atoms with Gasteiger partial charge in [0, 0.05) is 7.05 Å². The molecule has 0 bridgehead atoms. The number of ether oxygens (including phenoxy) is 2. The third kappa shape index (κ3) is 4.08. The zero-order valence-electron chi connectivity index (χ0n) is 10.8. The van der Waals surface area contributed by atoms with E-state index >= 15 is 0 Å². The molecule has 0 aromatic heterocycles. The minimum atomic E-state index is -0.457. The largest absolute Gasteiger partial charge is 0.484 e. The lowest BCUT2D eigenvalue weighted by Crippen LogP contribution is -2.36. The molecule has 0 fully saturated rings. The van der Waals surface area contributed by atoms with Gasteiger partial charge < -0.3 is 14.4 Å². The fourth-order valence-corrected chi connectivity index (χ4v) is 1.31. The van der Waals surface area contributed by atoms with Gasteiger partial charge in [-0.25, -0.2) is 0 Å². The van der Waals surface area contributed by atoms with E-state index in [9.17, 15) is 9.59 Å². The summed E-state index contributed by atoms with van der Waals surface area (Å²) < 4.78 is 9.87. The van der Waals surface area contributed by atoms with Gasteiger partial charge in [-0.2, -0.15) is 0 Å². The third-order valence-electron chi connectivity index (χ3n) is 2.46. The van der Waals surface area contributed by atoms with Gasteiger partial charge in [0.05, 0.1) is 7.11 Å². The number of carbonyl (C=O) groups is 2. The molecule has 1 aromatic carbocycles. The standard InChI is InChI=1S/C13H17NO4/c1-10-6-4-5-7-11(10)18-9-12(15)14(2)8-13(16)17-3/h4-7H,8-9H2,1-3H3. The SMILES string of the molecule is COC(=O)CN(C)C(=O)COc1ccccc1C. The zero-order valence-corrected chi connectivity index (χ0v) is 10.8. The minimum absolute atomic E-state index is 0.0769. The number of nitrogens with zero attached hydrogens (tertiary/aromatic N) is 1. The summed E-state index contributed by atoms with van der Waals surface area (Å²) in [6.07, 6.45) is 0. The summed E-state index contributed by atoms with van der Waals surface area (Å²) in [6, 6.07) is 7.43. The van der Waals surface area contributed by atoms with Crippen molar-refractivity contribution in [1.29, 1.82) is 0 Å². The van der Waals surface area contributed by atoms with Crippen molar-refractivity contribution >= 4 is 11.9 Å². The maximum atomic E-state index is 11.7. The third-order valence-corrected chi connectivity index (χ3v) is 2.46. The molecule has 0 heterocycles. The Kier molecular flexibility index (Phi) is 5.17. The Morgan fingerprint density at radius 1 is 1.28 bits per heavy atom. The number of carbonyl (C=O) groups excluding carboxylic acids is 2. The predicted molar refractivity (Wildman–Crippen MR) is 66.3 cm³/mol. The average Bonchev–Trinajstić information content (AvgIpc) is 2.37. The molecule has 0 saturated heterocycles. The lowest BCUT2D eigenvalue weighted by molar-refractivity contribution is -0.146. The second-order valence-corrected chi connectivity index (χ2v) is 3.88. The molecule has 1 aromatic rings. The first-order chi connectivity index (χ1) is 8.54. The highest BCUT2D eigenvalue weighted by Gasteiger charge is 2.13. The number of amides is 1. The normalized spacial score (nSPS) is 9.72. The summed E-state index contributed by atoms with van der Waals surface area (Å²) in [4.78, 5) is 23.9. The van der Waals surface area contributed by atoms with Crippen molar-refractivity contribution in [3.8, 4) is 5.75 Å². The molecule has 0 aliphatic carbocycles. The van der Waals surface area contributed by atoms with Crippen LogP contribution in [0.5, 0.6) is 5.75 Å². The fraction of sp³-hybridized carbons (Fsp3) is 0.385. The topological polar surface area (TPSA) is 55.8 Å². The summed E-state index contributed by atoms with van der Waals surface area (Å²) in [5.74, 6) is -0.0669. The van der Waals surface area contributed by atoms with Crippen molar-refractivity contribution < 1.29 is 19.1 Å². The van der Waals surface area contributed by atoms with Crippen molar-refractivity contribution in [2.24, 2.45) is 0 Å². The van der Waals surface area contributed by atoms with Crippen LogP contribution in [-0.2, 0) is 14.3 Å². The number of likely N-dealkylation sites (N-methyl/N-ethyl adjacent to an activating group) is 1. The number of hydrogen-bond donors (Lipinski definition) is 0. The molecule has 0 saturated carbocycles. The molecule has 0 radical (unpaired) electrons. The van der Waals surface area contributed by atoms with E-state index in [1.54, 1.807) is 6.07 Å². The molecule has 5 heteroatoms. The molecule has 0 aliphatic rings. The van der Waals surface area contributed by atoms with Gasteiger partial charge in [-0.05, 0) is 18.6 Å². The van der Waals surface area contributed by atoms with Crippen LogP contribution in [0.2, 0.25) is 0 Å². The molecule has 0 unspecified atom stereocenters. The Labute approximate surface area is 106 Å². The fourth-order valence-electron chi connectivity index (χ4n) is 1.31. The first-order valence-electron chi connectivity index (χ1n) is 5.53. The van der Waals surface area contributed by atoms with E-state index in [-0.39, 0.29) is 19.1 Å².